The van der Waals surface area contributed by atoms with E-state index in [0.29, 0.717) is 0 Å². The monoisotopic (exact) mass is 257 g/mol. The van der Waals surface area contributed by atoms with Crippen molar-refractivity contribution in [2.24, 2.45) is 0 Å². The van der Waals surface area contributed by atoms with Crippen LogP contribution in [0.25, 0.3) is 0 Å². The summed E-state index contributed by atoms with van der Waals surface area (Å²) < 4.78 is 0. The zero-order valence-corrected chi connectivity index (χ0v) is 12.2. The molecular formula is C12H23N3OS. The fraction of sp³-hybridized carbons (Fsp3) is 0.750. The van der Waals surface area contributed by atoms with Crippen molar-refractivity contribution in [3.8, 4) is 0 Å². The minimum atomic E-state index is -0.225. The van der Waals surface area contributed by atoms with Crippen molar-refractivity contribution in [3.63, 3.8) is 0 Å². The molecule has 1 aromatic heterocycles. The summed E-state index contributed by atoms with van der Waals surface area (Å²) >= 11 is 1.74. The average molecular weight is 257 g/mol. The number of nitrogens with zero attached hydrogens (tertiary/aromatic N) is 3. The normalized spacial score (nSPS) is 13.1. The molecule has 98 valence electrons. The minimum absolute atomic E-state index is 0.225. The lowest BCUT2D eigenvalue weighted by molar-refractivity contribution is 0.163. The summed E-state index contributed by atoms with van der Waals surface area (Å²) in [6, 6.07) is 0. The van der Waals surface area contributed by atoms with E-state index in [-0.39, 0.29) is 6.10 Å². The Kier molecular flexibility index (Phi) is 5.36. The van der Waals surface area contributed by atoms with Crippen molar-refractivity contribution in [2.75, 3.05) is 32.6 Å². The number of aliphatic hydroxyl groups excluding tert-OH is 1. The molecular weight excluding hydrogens is 234 g/mol. The maximum Gasteiger partial charge on any atom is 0.185 e. The third-order valence-electron chi connectivity index (χ3n) is 2.61. The number of anilines is 1. The molecule has 17 heavy (non-hydrogen) atoms. The molecule has 0 aliphatic heterocycles. The molecule has 1 rings (SSSR count). The van der Waals surface area contributed by atoms with Gasteiger partial charge in [0, 0.05) is 32.1 Å². The largest absolute Gasteiger partial charge is 0.393 e. The van der Waals surface area contributed by atoms with Crippen LogP contribution in [-0.2, 0) is 6.54 Å². The number of hydrogen-bond acceptors (Lipinski definition) is 5. The second kappa shape index (κ2) is 6.33. The third kappa shape index (κ3) is 4.61. The Morgan fingerprint density at radius 1 is 1.35 bits per heavy atom. The maximum absolute atomic E-state index is 9.26. The fourth-order valence-corrected chi connectivity index (χ4v) is 2.55. The van der Waals surface area contributed by atoms with E-state index in [4.69, 9.17) is 0 Å². The van der Waals surface area contributed by atoms with Gasteiger partial charge in [0.2, 0.25) is 0 Å². The number of aromatic nitrogens is 1. The van der Waals surface area contributed by atoms with E-state index < -0.39 is 0 Å². The highest BCUT2D eigenvalue weighted by Gasteiger charge is 2.11. The molecule has 0 spiro atoms. The van der Waals surface area contributed by atoms with Crippen LogP contribution in [0, 0.1) is 6.92 Å². The molecule has 0 amide bonds. The third-order valence-corrected chi connectivity index (χ3v) is 3.92. The first-order chi connectivity index (χ1) is 7.90. The van der Waals surface area contributed by atoms with Crippen LogP contribution in [0.3, 0.4) is 0 Å². The molecule has 0 saturated heterocycles. The average Bonchev–Trinajstić information content (AvgIpc) is 2.58. The van der Waals surface area contributed by atoms with E-state index in [1.807, 2.05) is 25.9 Å². The first kappa shape index (κ1) is 14.4. The van der Waals surface area contributed by atoms with Crippen LogP contribution in [0.15, 0.2) is 0 Å². The number of hydrogen-bond donors (Lipinski definition) is 1. The number of rotatable bonds is 6. The van der Waals surface area contributed by atoms with Crippen LogP contribution in [-0.4, -0.2) is 48.8 Å². The van der Waals surface area contributed by atoms with Crippen molar-refractivity contribution in [2.45, 2.75) is 32.9 Å². The lowest BCUT2D eigenvalue weighted by Crippen LogP contribution is -2.21. The molecule has 0 bridgehead atoms. The fourth-order valence-electron chi connectivity index (χ4n) is 1.48. The van der Waals surface area contributed by atoms with Gasteiger partial charge in [0.25, 0.3) is 0 Å². The van der Waals surface area contributed by atoms with Gasteiger partial charge in [-0.25, -0.2) is 4.98 Å². The van der Waals surface area contributed by atoms with E-state index in [0.717, 1.165) is 30.3 Å². The SMILES string of the molecule is Cc1nc(N(C)C)sc1CN(C)CCC(C)O. The molecule has 1 N–H and O–H groups in total. The molecule has 1 aromatic rings. The lowest BCUT2D eigenvalue weighted by Gasteiger charge is -2.16. The van der Waals surface area contributed by atoms with E-state index in [9.17, 15) is 5.11 Å². The zero-order chi connectivity index (χ0) is 13.0. The van der Waals surface area contributed by atoms with Crippen LogP contribution in [0.1, 0.15) is 23.9 Å². The molecule has 0 saturated carbocycles. The number of aliphatic hydroxyl groups is 1. The Labute approximate surface area is 108 Å². The molecule has 1 atom stereocenters. The maximum atomic E-state index is 9.26. The minimum Gasteiger partial charge on any atom is -0.393 e. The van der Waals surface area contributed by atoms with Crippen LogP contribution in [0.5, 0.6) is 0 Å². The first-order valence-electron chi connectivity index (χ1n) is 5.90. The van der Waals surface area contributed by atoms with Gasteiger partial charge in [0.05, 0.1) is 11.8 Å². The van der Waals surface area contributed by atoms with Crippen LogP contribution >= 0.6 is 11.3 Å². The van der Waals surface area contributed by atoms with Gasteiger partial charge in [-0.15, -0.1) is 11.3 Å². The van der Waals surface area contributed by atoms with Crippen LogP contribution in [0.4, 0.5) is 5.13 Å². The highest BCUT2D eigenvalue weighted by molar-refractivity contribution is 7.15. The molecule has 1 unspecified atom stereocenters. The predicted octanol–water partition coefficient (Wildman–Crippen LogP) is 1.72. The van der Waals surface area contributed by atoms with Gasteiger partial charge < -0.3 is 14.9 Å². The topological polar surface area (TPSA) is 39.6 Å². The van der Waals surface area contributed by atoms with Gasteiger partial charge in [-0.1, -0.05) is 0 Å². The van der Waals surface area contributed by atoms with E-state index in [2.05, 4.69) is 23.9 Å². The van der Waals surface area contributed by atoms with Gasteiger partial charge >= 0.3 is 0 Å². The number of thiazole rings is 1. The highest BCUT2D eigenvalue weighted by Crippen LogP contribution is 2.25. The highest BCUT2D eigenvalue weighted by atomic mass is 32.1. The van der Waals surface area contributed by atoms with Crippen molar-refractivity contribution in [1.82, 2.24) is 9.88 Å². The van der Waals surface area contributed by atoms with Crippen molar-refractivity contribution < 1.29 is 5.11 Å². The Hall–Kier alpha value is -0.650. The number of aryl methyl sites for hydroxylation is 1. The van der Waals surface area contributed by atoms with Gasteiger partial charge in [-0.3, -0.25) is 0 Å². The van der Waals surface area contributed by atoms with Crippen LogP contribution < -0.4 is 4.90 Å². The van der Waals surface area contributed by atoms with Gasteiger partial charge in [0.15, 0.2) is 5.13 Å². The molecule has 4 nitrogen and oxygen atoms in total. The van der Waals surface area contributed by atoms with Crippen LogP contribution in [0.2, 0.25) is 0 Å². The molecule has 0 aliphatic rings. The van der Waals surface area contributed by atoms with Crippen molar-refractivity contribution >= 4 is 16.5 Å². The molecule has 0 fully saturated rings. The summed E-state index contributed by atoms with van der Waals surface area (Å²) in [5, 5.41) is 10.3. The van der Waals surface area contributed by atoms with Gasteiger partial charge in [-0.2, -0.15) is 0 Å². The summed E-state index contributed by atoms with van der Waals surface area (Å²) in [7, 11) is 6.11. The molecule has 0 aliphatic carbocycles. The first-order valence-corrected chi connectivity index (χ1v) is 6.72. The van der Waals surface area contributed by atoms with Crippen molar-refractivity contribution in [3.05, 3.63) is 10.6 Å². The standard InChI is InChI=1S/C12H23N3OS/c1-9(16)6-7-15(5)8-11-10(2)13-12(17-11)14(3)4/h9,16H,6-8H2,1-5H3. The summed E-state index contributed by atoms with van der Waals surface area (Å²) in [5.74, 6) is 0. The van der Waals surface area contributed by atoms with Gasteiger partial charge in [0.1, 0.15) is 0 Å². The zero-order valence-electron chi connectivity index (χ0n) is 11.4. The smallest absolute Gasteiger partial charge is 0.185 e. The van der Waals surface area contributed by atoms with E-state index in [1.54, 1.807) is 11.3 Å². The van der Waals surface area contributed by atoms with Crippen molar-refractivity contribution in [1.29, 1.82) is 0 Å². The second-order valence-electron chi connectivity index (χ2n) is 4.77. The Bertz CT molecular complexity index is 350. The lowest BCUT2D eigenvalue weighted by atomic mass is 10.2. The summed E-state index contributed by atoms with van der Waals surface area (Å²) in [6.07, 6.45) is 0.590. The molecule has 0 aromatic carbocycles. The Balaban J connectivity index is 2.55. The quantitative estimate of drug-likeness (QED) is 0.842. The molecule has 1 heterocycles. The molecule has 5 heteroatoms. The summed E-state index contributed by atoms with van der Waals surface area (Å²) in [6.45, 7) is 5.70. The Morgan fingerprint density at radius 2 is 2.00 bits per heavy atom. The molecule has 0 radical (unpaired) electrons. The summed E-state index contributed by atoms with van der Waals surface area (Å²) in [5.41, 5.74) is 1.11. The van der Waals surface area contributed by atoms with E-state index in [1.165, 1.54) is 4.88 Å². The predicted molar refractivity (Wildman–Crippen MR) is 73.8 cm³/mol. The second-order valence-corrected chi connectivity index (χ2v) is 5.84. The Morgan fingerprint density at radius 3 is 2.47 bits per heavy atom. The van der Waals surface area contributed by atoms with Gasteiger partial charge in [-0.05, 0) is 27.3 Å². The van der Waals surface area contributed by atoms with E-state index >= 15 is 0 Å². The summed E-state index contributed by atoms with van der Waals surface area (Å²) in [4.78, 5) is 10.1.